The van der Waals surface area contributed by atoms with Crippen molar-refractivity contribution in [2.45, 2.75) is 65.5 Å². The van der Waals surface area contributed by atoms with Crippen LogP contribution in [0.1, 0.15) is 65.5 Å². The van der Waals surface area contributed by atoms with Crippen molar-refractivity contribution in [3.63, 3.8) is 0 Å². The summed E-state index contributed by atoms with van der Waals surface area (Å²) in [5.74, 6) is -0.494. The maximum absolute atomic E-state index is 13.5. The number of aliphatic hydroxyl groups is 1. The number of cyclic esters (lactones) is 1. The molecule has 3 rings (SSSR count). The zero-order valence-corrected chi connectivity index (χ0v) is 24.4. The molecule has 210 valence electrons. The number of hydrogen-bond donors (Lipinski definition) is 1. The molecule has 2 heterocycles. The third-order valence-corrected chi connectivity index (χ3v) is 7.74. The van der Waals surface area contributed by atoms with Gasteiger partial charge in [-0.3, -0.25) is 19.5 Å². The molecule has 2 unspecified atom stereocenters. The van der Waals surface area contributed by atoms with E-state index in [1.807, 2.05) is 25.3 Å². The minimum absolute atomic E-state index is 0.0732. The number of esters is 1. The molecule has 1 aromatic heterocycles. The lowest BCUT2D eigenvalue weighted by Gasteiger charge is -2.36. The van der Waals surface area contributed by atoms with E-state index >= 15 is 0 Å². The predicted octanol–water partition coefficient (Wildman–Crippen LogP) is 5.33. The smallest absolute Gasteiger partial charge is 0.319 e. The van der Waals surface area contributed by atoms with Gasteiger partial charge in [-0.2, -0.15) is 0 Å². The monoisotopic (exact) mass is 526 g/mol. The van der Waals surface area contributed by atoms with Gasteiger partial charge < -0.3 is 14.6 Å². The molecule has 7 nitrogen and oxygen atoms in total. The Balaban J connectivity index is 0.00000247. The number of pyridine rings is 1. The maximum atomic E-state index is 13.5. The van der Waals surface area contributed by atoms with Gasteiger partial charge in [-0.1, -0.05) is 44.2 Å². The number of nitrogens with zero attached hydrogens (tertiary/aromatic N) is 2. The minimum atomic E-state index is -1.22. The van der Waals surface area contributed by atoms with E-state index in [-0.39, 0.29) is 24.3 Å². The highest BCUT2D eigenvalue weighted by molar-refractivity contribution is 6.04. The normalized spacial score (nSPS) is 27.1. The van der Waals surface area contributed by atoms with Gasteiger partial charge in [-0.05, 0) is 75.8 Å². The number of methoxy groups -OCH3 is 1. The number of benzene rings is 1. The Kier molecular flexibility index (Phi) is 11.6. The van der Waals surface area contributed by atoms with Crippen LogP contribution >= 0.6 is 0 Å². The van der Waals surface area contributed by atoms with E-state index in [0.717, 1.165) is 36.8 Å². The van der Waals surface area contributed by atoms with Crippen LogP contribution < -0.4 is 0 Å². The number of carbonyl (C=O) groups is 2. The third kappa shape index (κ3) is 7.71. The minimum Gasteiger partial charge on any atom is -0.463 e. The molecule has 0 spiro atoms. The average Bonchev–Trinajstić information content (AvgIpc) is 2.92. The van der Waals surface area contributed by atoms with E-state index in [4.69, 9.17) is 14.6 Å². The summed E-state index contributed by atoms with van der Waals surface area (Å²) in [4.78, 5) is 33.2. The highest BCUT2D eigenvalue weighted by Crippen LogP contribution is 2.36. The molecular weight excluding hydrogens is 480 g/mol. The van der Waals surface area contributed by atoms with Crippen LogP contribution in [0.3, 0.4) is 0 Å². The Labute approximate surface area is 228 Å². The Morgan fingerprint density at radius 3 is 2.29 bits per heavy atom. The first-order valence-corrected chi connectivity index (χ1v) is 13.4. The fourth-order valence-corrected chi connectivity index (χ4v) is 5.47. The molecule has 7 heteroatoms. The fourth-order valence-electron chi connectivity index (χ4n) is 5.47. The lowest BCUT2D eigenvalue weighted by atomic mass is 9.74. The van der Waals surface area contributed by atoms with E-state index in [2.05, 4.69) is 55.0 Å². The number of aliphatic hydroxyl groups excluding tert-OH is 1. The van der Waals surface area contributed by atoms with Gasteiger partial charge >= 0.3 is 5.97 Å². The highest BCUT2D eigenvalue weighted by atomic mass is 16.5. The molecule has 38 heavy (non-hydrogen) atoms. The van der Waals surface area contributed by atoms with Crippen LogP contribution in [0.15, 0.2) is 48.8 Å². The number of ketones is 1. The third-order valence-electron chi connectivity index (χ3n) is 7.74. The summed E-state index contributed by atoms with van der Waals surface area (Å²) < 4.78 is 11.8. The fraction of sp³-hybridized carbons (Fsp3) is 0.581. The number of aromatic nitrogens is 1. The molecule has 0 amide bonds. The molecule has 0 saturated carbocycles. The maximum Gasteiger partial charge on any atom is 0.319 e. The van der Waals surface area contributed by atoms with Crippen molar-refractivity contribution in [3.05, 3.63) is 54.4 Å². The lowest BCUT2D eigenvalue weighted by Crippen LogP contribution is -2.42. The summed E-state index contributed by atoms with van der Waals surface area (Å²) in [6.07, 6.45) is 5.68. The molecule has 1 saturated heterocycles. The van der Waals surface area contributed by atoms with Crippen molar-refractivity contribution in [2.24, 2.45) is 17.3 Å². The first-order chi connectivity index (χ1) is 18.0. The van der Waals surface area contributed by atoms with Crippen LogP contribution in [0.2, 0.25) is 0 Å². The Morgan fingerprint density at radius 1 is 1.08 bits per heavy atom. The van der Waals surface area contributed by atoms with Gasteiger partial charge in [0.2, 0.25) is 0 Å². The SMILES string of the molecule is CCC1C[C@](C)(OC)CC(C)CN(C)[C@H](c2ccc(-c3cccnc3)cc2)COC(=O)C(C)(C)C1=O.CO. The van der Waals surface area contributed by atoms with E-state index in [0.29, 0.717) is 18.8 Å². The first-order valence-electron chi connectivity index (χ1n) is 13.4. The van der Waals surface area contributed by atoms with Crippen LogP contribution in [-0.4, -0.2) is 66.8 Å². The number of Topliss-reactive ketones (excluding diaryl/α,β-unsaturated/α-hetero) is 1. The van der Waals surface area contributed by atoms with Gasteiger partial charge in [0.1, 0.15) is 12.0 Å². The van der Waals surface area contributed by atoms with Gasteiger partial charge in [0.05, 0.1) is 11.6 Å². The number of hydrogen-bond acceptors (Lipinski definition) is 7. The molecule has 0 radical (unpaired) electrons. The summed E-state index contributed by atoms with van der Waals surface area (Å²) in [6.45, 7) is 10.7. The molecule has 1 fully saturated rings. The van der Waals surface area contributed by atoms with Gasteiger partial charge in [-0.15, -0.1) is 0 Å². The molecule has 1 N–H and O–H groups in total. The largest absolute Gasteiger partial charge is 0.463 e. The summed E-state index contributed by atoms with van der Waals surface area (Å²) in [5, 5.41) is 7.00. The molecule has 2 aromatic rings. The Hall–Kier alpha value is -2.61. The van der Waals surface area contributed by atoms with E-state index < -0.39 is 17.0 Å². The number of ether oxygens (including phenoxy) is 2. The van der Waals surface area contributed by atoms with Crippen LogP contribution in [0.4, 0.5) is 0 Å². The van der Waals surface area contributed by atoms with Crippen molar-refractivity contribution in [1.82, 2.24) is 9.88 Å². The molecular formula is C31H46N2O5. The van der Waals surface area contributed by atoms with Crippen molar-refractivity contribution in [3.8, 4) is 11.1 Å². The van der Waals surface area contributed by atoms with Crippen LogP contribution in [0, 0.1) is 17.3 Å². The standard InChI is InChI=1S/C30H42N2O4.CH4O/c1-8-22-17-30(5,35-7)16-21(2)19-32(6)26(20-36-28(34)29(3,4)27(22)33)24-13-11-23(12-14-24)25-10-9-15-31-18-25;1-2/h9-15,18,21-22,26H,8,16-17,19-20H2,1-7H3;2H,1H3/t21?,22?,26-,30+;/m0./s1. The summed E-state index contributed by atoms with van der Waals surface area (Å²) >= 11 is 0. The predicted molar refractivity (Wildman–Crippen MR) is 151 cm³/mol. The molecule has 0 bridgehead atoms. The zero-order valence-electron chi connectivity index (χ0n) is 24.4. The van der Waals surface area contributed by atoms with Crippen molar-refractivity contribution in [2.75, 3.05) is 34.4 Å². The highest BCUT2D eigenvalue weighted by Gasteiger charge is 2.44. The quantitative estimate of drug-likeness (QED) is 0.425. The average molecular weight is 527 g/mol. The molecule has 4 atom stereocenters. The Morgan fingerprint density at radius 2 is 1.74 bits per heavy atom. The topological polar surface area (TPSA) is 89.0 Å². The van der Waals surface area contributed by atoms with Crippen LogP contribution in [-0.2, 0) is 19.1 Å². The Bertz CT molecular complexity index is 1020. The number of likely N-dealkylation sites (N-methyl/N-ethyl adjacent to an activating group) is 1. The summed E-state index contributed by atoms with van der Waals surface area (Å²) in [5.41, 5.74) is 1.52. The van der Waals surface area contributed by atoms with Crippen LogP contribution in [0.25, 0.3) is 11.1 Å². The number of carbonyl (C=O) groups excluding carboxylic acids is 2. The van der Waals surface area contributed by atoms with E-state index in [1.54, 1.807) is 27.2 Å². The van der Waals surface area contributed by atoms with Crippen LogP contribution in [0.5, 0.6) is 0 Å². The van der Waals surface area contributed by atoms with Gasteiger partial charge in [-0.25, -0.2) is 0 Å². The van der Waals surface area contributed by atoms with E-state index in [1.165, 1.54) is 0 Å². The molecule has 1 aromatic carbocycles. The van der Waals surface area contributed by atoms with Gasteiger partial charge in [0, 0.05) is 39.1 Å². The molecule has 1 aliphatic rings. The van der Waals surface area contributed by atoms with Crippen molar-refractivity contribution < 1.29 is 24.2 Å². The second-order valence-corrected chi connectivity index (χ2v) is 11.2. The molecule has 1 aliphatic heterocycles. The van der Waals surface area contributed by atoms with Gasteiger partial charge in [0.25, 0.3) is 0 Å². The van der Waals surface area contributed by atoms with Crippen molar-refractivity contribution in [1.29, 1.82) is 0 Å². The summed E-state index contributed by atoms with van der Waals surface area (Å²) in [6, 6.07) is 12.1. The number of rotatable bonds is 4. The van der Waals surface area contributed by atoms with Crippen molar-refractivity contribution >= 4 is 11.8 Å². The van der Waals surface area contributed by atoms with E-state index in [9.17, 15) is 9.59 Å². The molecule has 0 aliphatic carbocycles. The van der Waals surface area contributed by atoms with Gasteiger partial charge in [0.15, 0.2) is 5.78 Å². The lowest BCUT2D eigenvalue weighted by molar-refractivity contribution is -0.161. The zero-order chi connectivity index (χ0) is 28.5. The summed E-state index contributed by atoms with van der Waals surface area (Å²) in [7, 11) is 4.79. The second kappa shape index (κ2) is 14.0. The second-order valence-electron chi connectivity index (χ2n) is 11.2. The first kappa shape index (κ1) is 31.6.